The fourth-order valence-corrected chi connectivity index (χ4v) is 4.33. The summed E-state index contributed by atoms with van der Waals surface area (Å²) in [4.78, 5) is 25.0. The summed E-state index contributed by atoms with van der Waals surface area (Å²) < 4.78 is 37.8. The maximum Gasteiger partial charge on any atom is 0.471 e. The highest BCUT2D eigenvalue weighted by atomic mass is 32.1. The molecule has 3 rings (SSSR count). The van der Waals surface area contributed by atoms with Crippen LogP contribution in [0.1, 0.15) is 38.3 Å². The van der Waals surface area contributed by atoms with E-state index in [0.717, 1.165) is 39.3 Å². The van der Waals surface area contributed by atoms with Crippen molar-refractivity contribution in [3.8, 4) is 0 Å². The van der Waals surface area contributed by atoms with Gasteiger partial charge in [0.25, 0.3) is 5.91 Å². The molecule has 2 amide bonds. The lowest BCUT2D eigenvalue weighted by Gasteiger charge is -2.12. The number of nitrogens with one attached hydrogen (secondary N) is 2. The van der Waals surface area contributed by atoms with Crippen molar-refractivity contribution >= 4 is 33.8 Å². The van der Waals surface area contributed by atoms with Crippen LogP contribution in [0.3, 0.4) is 0 Å². The number of carbonyl (C=O) groups is 2. The summed E-state index contributed by atoms with van der Waals surface area (Å²) in [6, 6.07) is 5.50. The van der Waals surface area contributed by atoms with E-state index in [1.165, 1.54) is 0 Å². The number of alkyl halides is 3. The maximum absolute atomic E-state index is 12.8. The molecule has 0 radical (unpaired) electrons. The molecule has 26 heavy (non-hydrogen) atoms. The van der Waals surface area contributed by atoms with E-state index in [-0.39, 0.29) is 10.6 Å². The van der Waals surface area contributed by atoms with Crippen LogP contribution in [0.4, 0.5) is 23.9 Å². The van der Waals surface area contributed by atoms with Crippen LogP contribution in [0.15, 0.2) is 18.2 Å². The van der Waals surface area contributed by atoms with Gasteiger partial charge >= 0.3 is 12.1 Å². The summed E-state index contributed by atoms with van der Waals surface area (Å²) in [5, 5.41) is 4.58. The third-order valence-corrected chi connectivity index (χ3v) is 5.47. The van der Waals surface area contributed by atoms with Crippen LogP contribution >= 0.6 is 11.3 Å². The Bertz CT molecular complexity index is 887. The van der Waals surface area contributed by atoms with Crippen LogP contribution in [-0.2, 0) is 17.6 Å². The van der Waals surface area contributed by atoms with Crippen molar-refractivity contribution in [1.82, 2.24) is 0 Å². The first kappa shape index (κ1) is 18.4. The highest BCUT2D eigenvalue weighted by molar-refractivity contribution is 7.17. The van der Waals surface area contributed by atoms with Crippen LogP contribution in [0, 0.1) is 13.8 Å². The largest absolute Gasteiger partial charge is 0.471 e. The standard InChI is InChI=1S/C18H17F3N2O2S/c1-9-6-7-12(10(2)8-9)22-15(24)14-11-4-3-5-13(11)26-16(14)23-17(25)18(19,20)21/h6-8H,3-5H2,1-2H3,(H,22,24)(H,23,25). The maximum atomic E-state index is 12.8. The Kier molecular flexibility index (Phi) is 4.79. The molecule has 138 valence electrons. The first-order valence-corrected chi connectivity index (χ1v) is 8.90. The molecule has 1 heterocycles. The highest BCUT2D eigenvalue weighted by Gasteiger charge is 2.40. The zero-order chi connectivity index (χ0) is 19.1. The lowest BCUT2D eigenvalue weighted by Crippen LogP contribution is -2.30. The van der Waals surface area contributed by atoms with Crippen molar-refractivity contribution in [2.75, 3.05) is 10.6 Å². The number of hydrogen-bond donors (Lipinski definition) is 2. The topological polar surface area (TPSA) is 58.2 Å². The van der Waals surface area contributed by atoms with Crippen molar-refractivity contribution < 1.29 is 22.8 Å². The van der Waals surface area contributed by atoms with Gasteiger partial charge in [-0.2, -0.15) is 13.2 Å². The molecule has 0 atom stereocenters. The number of amides is 2. The average Bonchev–Trinajstić information content (AvgIpc) is 3.09. The molecule has 0 spiro atoms. The third kappa shape index (κ3) is 3.60. The van der Waals surface area contributed by atoms with E-state index >= 15 is 0 Å². The number of thiophene rings is 1. The Balaban J connectivity index is 1.93. The fraction of sp³-hybridized carbons (Fsp3) is 0.333. The Morgan fingerprint density at radius 1 is 1.12 bits per heavy atom. The van der Waals surface area contributed by atoms with Gasteiger partial charge < -0.3 is 10.6 Å². The second-order valence-corrected chi connectivity index (χ2v) is 7.39. The van der Waals surface area contributed by atoms with Gasteiger partial charge in [-0.25, -0.2) is 0 Å². The Morgan fingerprint density at radius 3 is 2.50 bits per heavy atom. The minimum absolute atomic E-state index is 0.0423. The van der Waals surface area contributed by atoms with E-state index in [1.807, 2.05) is 31.3 Å². The van der Waals surface area contributed by atoms with Crippen molar-refractivity contribution in [2.45, 2.75) is 39.3 Å². The smallest absolute Gasteiger partial charge is 0.322 e. The molecule has 8 heteroatoms. The third-order valence-electron chi connectivity index (χ3n) is 4.26. The predicted octanol–water partition coefficient (Wildman–Crippen LogP) is 4.61. The van der Waals surface area contributed by atoms with E-state index in [2.05, 4.69) is 5.32 Å². The summed E-state index contributed by atoms with van der Waals surface area (Å²) in [6.45, 7) is 3.77. The normalized spacial score (nSPS) is 13.4. The van der Waals surface area contributed by atoms with E-state index in [9.17, 15) is 22.8 Å². The molecule has 4 nitrogen and oxygen atoms in total. The second kappa shape index (κ2) is 6.75. The molecule has 2 N–H and O–H groups in total. The molecule has 1 aliphatic carbocycles. The summed E-state index contributed by atoms with van der Waals surface area (Å²) in [5.74, 6) is -2.58. The van der Waals surface area contributed by atoms with Gasteiger partial charge in [0.1, 0.15) is 5.00 Å². The number of anilines is 2. The summed E-state index contributed by atoms with van der Waals surface area (Å²) in [5.41, 5.74) is 3.35. The van der Waals surface area contributed by atoms with Crippen LogP contribution in [-0.4, -0.2) is 18.0 Å². The van der Waals surface area contributed by atoms with Crippen molar-refractivity contribution in [3.63, 3.8) is 0 Å². The molecule has 0 bridgehead atoms. The molecule has 0 aliphatic heterocycles. The number of rotatable bonds is 3. The van der Waals surface area contributed by atoms with Crippen LogP contribution in [0.25, 0.3) is 0 Å². The first-order valence-electron chi connectivity index (χ1n) is 8.08. The van der Waals surface area contributed by atoms with Gasteiger partial charge in [0, 0.05) is 10.6 Å². The molecule has 0 unspecified atom stereocenters. The minimum atomic E-state index is -5.00. The summed E-state index contributed by atoms with van der Waals surface area (Å²) in [7, 11) is 0. The number of halogens is 3. The molecule has 1 aromatic carbocycles. The van der Waals surface area contributed by atoms with Gasteiger partial charge in [-0.05, 0) is 50.3 Å². The molecule has 0 saturated carbocycles. The Labute approximate surface area is 152 Å². The first-order chi connectivity index (χ1) is 12.2. The van der Waals surface area contributed by atoms with Crippen molar-refractivity contribution in [2.24, 2.45) is 0 Å². The quantitative estimate of drug-likeness (QED) is 0.815. The van der Waals surface area contributed by atoms with Gasteiger partial charge in [0.05, 0.1) is 5.56 Å². The Hall–Kier alpha value is -2.35. The van der Waals surface area contributed by atoms with Gasteiger partial charge in [-0.1, -0.05) is 17.7 Å². The summed E-state index contributed by atoms with van der Waals surface area (Å²) >= 11 is 1.05. The van der Waals surface area contributed by atoms with E-state index in [4.69, 9.17) is 0 Å². The monoisotopic (exact) mass is 382 g/mol. The van der Waals surface area contributed by atoms with Gasteiger partial charge in [-0.15, -0.1) is 11.3 Å². The number of fused-ring (bicyclic) bond motifs is 1. The second-order valence-electron chi connectivity index (χ2n) is 6.29. The van der Waals surface area contributed by atoms with Crippen LogP contribution < -0.4 is 10.6 Å². The molecule has 2 aromatic rings. The van der Waals surface area contributed by atoms with E-state index in [1.54, 1.807) is 6.07 Å². The molecule has 0 saturated heterocycles. The molecular formula is C18H17F3N2O2S. The van der Waals surface area contributed by atoms with Crippen molar-refractivity contribution in [1.29, 1.82) is 0 Å². The number of hydrogen-bond acceptors (Lipinski definition) is 3. The number of benzene rings is 1. The Morgan fingerprint density at radius 2 is 1.85 bits per heavy atom. The van der Waals surface area contributed by atoms with Crippen LogP contribution in [0.5, 0.6) is 0 Å². The lowest BCUT2D eigenvalue weighted by molar-refractivity contribution is -0.167. The van der Waals surface area contributed by atoms with E-state index < -0.39 is 18.0 Å². The fourth-order valence-electron chi connectivity index (χ4n) is 3.05. The molecule has 1 aliphatic rings. The average molecular weight is 382 g/mol. The van der Waals surface area contributed by atoms with Gasteiger partial charge in [0.15, 0.2) is 0 Å². The molecule has 1 aromatic heterocycles. The van der Waals surface area contributed by atoms with Gasteiger partial charge in [0.2, 0.25) is 0 Å². The van der Waals surface area contributed by atoms with Gasteiger partial charge in [-0.3, -0.25) is 9.59 Å². The predicted molar refractivity (Wildman–Crippen MR) is 94.9 cm³/mol. The lowest BCUT2D eigenvalue weighted by atomic mass is 10.1. The van der Waals surface area contributed by atoms with Crippen LogP contribution in [0.2, 0.25) is 0 Å². The zero-order valence-electron chi connectivity index (χ0n) is 14.2. The SMILES string of the molecule is Cc1ccc(NC(=O)c2c(NC(=O)C(F)(F)F)sc3c2CCC3)c(C)c1. The minimum Gasteiger partial charge on any atom is -0.322 e. The zero-order valence-corrected chi connectivity index (χ0v) is 15.0. The number of aryl methyl sites for hydroxylation is 3. The van der Waals surface area contributed by atoms with E-state index in [0.29, 0.717) is 18.5 Å². The molecular weight excluding hydrogens is 365 g/mol. The number of carbonyl (C=O) groups excluding carboxylic acids is 2. The van der Waals surface area contributed by atoms with Crippen molar-refractivity contribution in [3.05, 3.63) is 45.3 Å². The summed E-state index contributed by atoms with van der Waals surface area (Å²) in [6.07, 6.45) is -2.84. The molecule has 0 fully saturated rings. The highest BCUT2D eigenvalue weighted by Crippen LogP contribution is 2.40.